The van der Waals surface area contributed by atoms with Crippen molar-refractivity contribution in [3.8, 4) is 11.5 Å². The molecule has 0 aliphatic carbocycles. The molecular formula is C11H14O3. The molecule has 0 saturated carbocycles. The molecule has 0 spiro atoms. The second kappa shape index (κ2) is 4.33. The van der Waals surface area contributed by atoms with Gasteiger partial charge in [-0.3, -0.25) is 0 Å². The molecule has 1 aliphatic heterocycles. The fourth-order valence-corrected chi connectivity index (χ4v) is 1.54. The third-order valence-corrected chi connectivity index (χ3v) is 2.29. The highest BCUT2D eigenvalue weighted by atomic mass is 16.5. The Morgan fingerprint density at radius 3 is 2.79 bits per heavy atom. The third-order valence-electron chi connectivity index (χ3n) is 2.29. The van der Waals surface area contributed by atoms with E-state index in [9.17, 15) is 5.11 Å². The van der Waals surface area contributed by atoms with Crippen LogP contribution in [0.1, 0.15) is 12.8 Å². The molecule has 1 heterocycles. The molecular weight excluding hydrogens is 180 g/mol. The highest BCUT2D eigenvalue weighted by molar-refractivity contribution is 5.31. The number of phenolic OH excluding ortho intramolecular Hbond substituents is 1. The van der Waals surface area contributed by atoms with Crippen LogP contribution in [0, 0.1) is 0 Å². The maximum absolute atomic E-state index is 9.24. The maximum atomic E-state index is 9.24. The van der Waals surface area contributed by atoms with E-state index in [2.05, 4.69) is 0 Å². The van der Waals surface area contributed by atoms with Crippen molar-refractivity contribution in [2.45, 2.75) is 18.9 Å². The molecule has 76 valence electrons. The lowest BCUT2D eigenvalue weighted by Gasteiger charge is -2.23. The lowest BCUT2D eigenvalue weighted by atomic mass is 10.1. The minimum Gasteiger partial charge on any atom is -0.508 e. The molecule has 1 aromatic rings. The molecule has 3 heteroatoms. The maximum Gasteiger partial charge on any atom is 0.123 e. The molecule has 1 fully saturated rings. The van der Waals surface area contributed by atoms with Crippen molar-refractivity contribution in [1.29, 1.82) is 0 Å². The van der Waals surface area contributed by atoms with Gasteiger partial charge < -0.3 is 14.6 Å². The summed E-state index contributed by atoms with van der Waals surface area (Å²) >= 11 is 0. The van der Waals surface area contributed by atoms with Crippen LogP contribution >= 0.6 is 0 Å². The molecule has 0 atom stereocenters. The predicted octanol–water partition coefficient (Wildman–Crippen LogP) is 1.95. The van der Waals surface area contributed by atoms with Crippen LogP contribution < -0.4 is 4.74 Å². The van der Waals surface area contributed by atoms with E-state index in [1.807, 2.05) is 6.07 Å². The summed E-state index contributed by atoms with van der Waals surface area (Å²) in [7, 11) is 0. The largest absolute Gasteiger partial charge is 0.508 e. The van der Waals surface area contributed by atoms with Crippen molar-refractivity contribution in [2.75, 3.05) is 13.2 Å². The van der Waals surface area contributed by atoms with E-state index >= 15 is 0 Å². The monoisotopic (exact) mass is 194 g/mol. The van der Waals surface area contributed by atoms with Crippen molar-refractivity contribution < 1.29 is 14.6 Å². The SMILES string of the molecule is Oc1cccc(OC2CCOCC2)c1. The van der Waals surface area contributed by atoms with Crippen LogP contribution in [-0.4, -0.2) is 24.4 Å². The summed E-state index contributed by atoms with van der Waals surface area (Å²) in [4.78, 5) is 0. The van der Waals surface area contributed by atoms with Crippen LogP contribution in [0.15, 0.2) is 24.3 Å². The fraction of sp³-hybridized carbons (Fsp3) is 0.455. The first-order chi connectivity index (χ1) is 6.84. The average Bonchev–Trinajstić information content (AvgIpc) is 2.19. The van der Waals surface area contributed by atoms with Crippen LogP contribution in [-0.2, 0) is 4.74 Å². The molecule has 3 nitrogen and oxygen atoms in total. The minimum absolute atomic E-state index is 0.227. The zero-order valence-electron chi connectivity index (χ0n) is 7.98. The van der Waals surface area contributed by atoms with Gasteiger partial charge in [0, 0.05) is 18.9 Å². The van der Waals surface area contributed by atoms with Gasteiger partial charge in [0.25, 0.3) is 0 Å². The first-order valence-electron chi connectivity index (χ1n) is 4.88. The van der Waals surface area contributed by atoms with Crippen molar-refractivity contribution in [3.63, 3.8) is 0 Å². The normalized spacial score (nSPS) is 18.0. The number of rotatable bonds is 2. The van der Waals surface area contributed by atoms with E-state index in [-0.39, 0.29) is 11.9 Å². The Morgan fingerprint density at radius 2 is 2.07 bits per heavy atom. The molecule has 1 aliphatic rings. The second-order valence-electron chi connectivity index (χ2n) is 3.43. The molecule has 14 heavy (non-hydrogen) atoms. The van der Waals surface area contributed by atoms with E-state index in [1.165, 1.54) is 0 Å². The number of ether oxygens (including phenoxy) is 2. The van der Waals surface area contributed by atoms with Crippen LogP contribution in [0.3, 0.4) is 0 Å². The van der Waals surface area contributed by atoms with Gasteiger partial charge in [-0.15, -0.1) is 0 Å². The van der Waals surface area contributed by atoms with Gasteiger partial charge >= 0.3 is 0 Å². The zero-order chi connectivity index (χ0) is 9.80. The van der Waals surface area contributed by atoms with Crippen molar-refractivity contribution in [1.82, 2.24) is 0 Å². The Kier molecular flexibility index (Phi) is 2.89. The van der Waals surface area contributed by atoms with Gasteiger partial charge in [0.1, 0.15) is 17.6 Å². The summed E-state index contributed by atoms with van der Waals surface area (Å²) in [5.74, 6) is 0.978. The molecule has 1 saturated heterocycles. The Labute approximate surface area is 83.3 Å². The average molecular weight is 194 g/mol. The molecule has 2 rings (SSSR count). The summed E-state index contributed by atoms with van der Waals surface area (Å²) < 4.78 is 10.9. The number of aromatic hydroxyl groups is 1. The molecule has 0 bridgehead atoms. The zero-order valence-corrected chi connectivity index (χ0v) is 7.98. The number of hydrogen-bond acceptors (Lipinski definition) is 3. The number of phenols is 1. The van der Waals surface area contributed by atoms with Gasteiger partial charge in [0.15, 0.2) is 0 Å². The van der Waals surface area contributed by atoms with Gasteiger partial charge in [-0.25, -0.2) is 0 Å². The van der Waals surface area contributed by atoms with E-state index in [1.54, 1.807) is 18.2 Å². The van der Waals surface area contributed by atoms with E-state index in [4.69, 9.17) is 9.47 Å². The Morgan fingerprint density at radius 1 is 1.29 bits per heavy atom. The summed E-state index contributed by atoms with van der Waals surface area (Å²) in [6, 6.07) is 6.91. The van der Waals surface area contributed by atoms with Gasteiger partial charge in [-0.05, 0) is 12.1 Å². The van der Waals surface area contributed by atoms with Crippen molar-refractivity contribution in [3.05, 3.63) is 24.3 Å². The molecule has 0 radical (unpaired) electrons. The van der Waals surface area contributed by atoms with Crippen molar-refractivity contribution in [2.24, 2.45) is 0 Å². The first kappa shape index (κ1) is 9.34. The van der Waals surface area contributed by atoms with Crippen LogP contribution in [0.4, 0.5) is 0 Å². The number of hydrogen-bond donors (Lipinski definition) is 1. The Balaban J connectivity index is 1.95. The molecule has 1 N–H and O–H groups in total. The van der Waals surface area contributed by atoms with E-state index in [0.29, 0.717) is 0 Å². The second-order valence-corrected chi connectivity index (χ2v) is 3.43. The van der Waals surface area contributed by atoms with Gasteiger partial charge in [0.2, 0.25) is 0 Å². The summed E-state index contributed by atoms with van der Waals surface area (Å²) in [5, 5.41) is 9.24. The summed E-state index contributed by atoms with van der Waals surface area (Å²) in [6.45, 7) is 1.53. The highest BCUT2D eigenvalue weighted by Crippen LogP contribution is 2.21. The van der Waals surface area contributed by atoms with Crippen LogP contribution in [0.5, 0.6) is 11.5 Å². The topological polar surface area (TPSA) is 38.7 Å². The standard InChI is InChI=1S/C11H14O3/c12-9-2-1-3-11(8-9)14-10-4-6-13-7-5-10/h1-3,8,10,12H,4-7H2. The fourth-order valence-electron chi connectivity index (χ4n) is 1.54. The molecule has 0 aromatic heterocycles. The van der Waals surface area contributed by atoms with Crippen LogP contribution in [0.2, 0.25) is 0 Å². The molecule has 1 aromatic carbocycles. The Bertz CT molecular complexity index is 292. The van der Waals surface area contributed by atoms with Crippen LogP contribution in [0.25, 0.3) is 0 Å². The summed E-state index contributed by atoms with van der Waals surface area (Å²) in [6.07, 6.45) is 2.08. The quantitative estimate of drug-likeness (QED) is 0.782. The first-order valence-corrected chi connectivity index (χ1v) is 4.88. The van der Waals surface area contributed by atoms with Gasteiger partial charge in [-0.2, -0.15) is 0 Å². The lowest BCUT2D eigenvalue weighted by Crippen LogP contribution is -2.25. The molecule has 0 amide bonds. The number of benzene rings is 1. The van der Waals surface area contributed by atoms with E-state index < -0.39 is 0 Å². The van der Waals surface area contributed by atoms with Crippen molar-refractivity contribution >= 4 is 0 Å². The van der Waals surface area contributed by atoms with Gasteiger partial charge in [0.05, 0.1) is 13.2 Å². The van der Waals surface area contributed by atoms with E-state index in [0.717, 1.165) is 31.8 Å². The highest BCUT2D eigenvalue weighted by Gasteiger charge is 2.14. The molecule has 0 unspecified atom stereocenters. The van der Waals surface area contributed by atoms with Gasteiger partial charge in [-0.1, -0.05) is 6.07 Å². The Hall–Kier alpha value is -1.22. The summed E-state index contributed by atoms with van der Waals surface area (Å²) in [5.41, 5.74) is 0. The predicted molar refractivity (Wildman–Crippen MR) is 52.6 cm³/mol. The minimum atomic E-state index is 0.227. The third kappa shape index (κ3) is 2.39. The smallest absolute Gasteiger partial charge is 0.123 e. The lowest BCUT2D eigenvalue weighted by molar-refractivity contribution is 0.0255.